The number of carboxylic acid groups (broad SMARTS) is 1. The molecule has 0 amide bonds. The summed E-state index contributed by atoms with van der Waals surface area (Å²) in [5, 5.41) is 12.0. The van der Waals surface area contributed by atoms with E-state index in [1.807, 2.05) is 0 Å². The number of rotatable bonds is 5. The van der Waals surface area contributed by atoms with Crippen molar-refractivity contribution >= 4 is 5.97 Å². The van der Waals surface area contributed by atoms with Crippen molar-refractivity contribution in [3.63, 3.8) is 0 Å². The molecule has 1 unspecified atom stereocenters. The molecule has 1 saturated heterocycles. The van der Waals surface area contributed by atoms with E-state index in [0.29, 0.717) is 24.1 Å². The summed E-state index contributed by atoms with van der Waals surface area (Å²) in [6, 6.07) is 0.418. The van der Waals surface area contributed by atoms with Crippen molar-refractivity contribution in [2.24, 2.45) is 5.92 Å². The molecule has 0 spiro atoms. The second-order valence-corrected chi connectivity index (χ2v) is 4.34. The topological polar surface area (TPSA) is 58.6 Å². The van der Waals surface area contributed by atoms with Crippen molar-refractivity contribution in [2.45, 2.75) is 32.7 Å². The van der Waals surface area contributed by atoms with E-state index in [1.54, 1.807) is 13.0 Å². The average molecular weight is 227 g/mol. The molecule has 0 bridgehead atoms. The lowest BCUT2D eigenvalue weighted by atomic mass is 9.93. The van der Waals surface area contributed by atoms with Gasteiger partial charge in [0.15, 0.2) is 0 Å². The van der Waals surface area contributed by atoms with Crippen LogP contribution in [0.1, 0.15) is 26.7 Å². The third-order valence-electron chi connectivity index (χ3n) is 3.16. The molecule has 0 saturated carbocycles. The quantitative estimate of drug-likeness (QED) is 0.697. The van der Waals surface area contributed by atoms with Gasteiger partial charge in [-0.2, -0.15) is 0 Å². The summed E-state index contributed by atoms with van der Waals surface area (Å²) in [4.78, 5) is 10.6. The van der Waals surface area contributed by atoms with Crippen LogP contribution in [0.25, 0.3) is 0 Å². The smallest absolute Gasteiger partial charge is 0.330 e. The summed E-state index contributed by atoms with van der Waals surface area (Å²) in [7, 11) is 0. The van der Waals surface area contributed by atoms with Crippen LogP contribution < -0.4 is 5.32 Å². The van der Waals surface area contributed by atoms with Crippen LogP contribution in [0.4, 0.5) is 0 Å². The van der Waals surface area contributed by atoms with Crippen LogP contribution in [0, 0.1) is 5.92 Å². The molecule has 1 aliphatic heterocycles. The Labute approximate surface area is 96.7 Å². The van der Waals surface area contributed by atoms with Crippen LogP contribution in [0.5, 0.6) is 0 Å². The van der Waals surface area contributed by atoms with E-state index in [9.17, 15) is 4.79 Å². The largest absolute Gasteiger partial charge is 0.478 e. The highest BCUT2D eigenvalue weighted by molar-refractivity contribution is 5.85. The summed E-state index contributed by atoms with van der Waals surface area (Å²) in [5.74, 6) is -0.201. The highest BCUT2D eigenvalue weighted by Crippen LogP contribution is 2.18. The zero-order valence-electron chi connectivity index (χ0n) is 10.0. The van der Waals surface area contributed by atoms with Crippen molar-refractivity contribution in [3.8, 4) is 0 Å². The molecule has 0 aromatic rings. The third-order valence-corrected chi connectivity index (χ3v) is 3.16. The van der Waals surface area contributed by atoms with Crippen molar-refractivity contribution in [1.82, 2.24) is 5.32 Å². The summed E-state index contributed by atoms with van der Waals surface area (Å²) < 4.78 is 5.31. The molecule has 0 radical (unpaired) electrons. The monoisotopic (exact) mass is 227 g/mol. The Morgan fingerprint density at radius 3 is 2.75 bits per heavy atom. The first-order chi connectivity index (χ1) is 7.61. The molecule has 2 N–H and O–H groups in total. The minimum absolute atomic E-state index is 0.395. The number of nitrogens with one attached hydrogen (secondary N) is 1. The molecule has 1 atom stereocenters. The van der Waals surface area contributed by atoms with E-state index in [-0.39, 0.29) is 0 Å². The van der Waals surface area contributed by atoms with Crippen LogP contribution in [0.15, 0.2) is 11.6 Å². The Balaban J connectivity index is 2.26. The highest BCUT2D eigenvalue weighted by Gasteiger charge is 2.19. The molecule has 1 heterocycles. The number of hydrogen-bond donors (Lipinski definition) is 2. The van der Waals surface area contributed by atoms with Gasteiger partial charge in [0.1, 0.15) is 0 Å². The first-order valence-corrected chi connectivity index (χ1v) is 5.82. The van der Waals surface area contributed by atoms with E-state index in [4.69, 9.17) is 9.84 Å². The van der Waals surface area contributed by atoms with Crippen LogP contribution in [-0.4, -0.2) is 36.9 Å². The second kappa shape index (κ2) is 6.66. The Hall–Kier alpha value is -0.870. The van der Waals surface area contributed by atoms with E-state index in [2.05, 4.69) is 12.2 Å². The average Bonchev–Trinajstić information content (AvgIpc) is 2.29. The fraction of sp³-hybridized carbons (Fsp3) is 0.750. The minimum atomic E-state index is -0.847. The van der Waals surface area contributed by atoms with Crippen LogP contribution in [0.3, 0.4) is 0 Å². The Morgan fingerprint density at radius 1 is 1.56 bits per heavy atom. The van der Waals surface area contributed by atoms with Gasteiger partial charge >= 0.3 is 5.97 Å². The number of ether oxygens (including phenoxy) is 1. The second-order valence-electron chi connectivity index (χ2n) is 4.34. The number of aliphatic carboxylic acids is 1. The van der Waals surface area contributed by atoms with Gasteiger partial charge in [-0.3, -0.25) is 0 Å². The standard InChI is InChI=1S/C12H21NO3/c1-9(12(14)15)3-6-13-10(2)11-4-7-16-8-5-11/h3,10-11,13H,4-8H2,1-2H3,(H,14,15)/b9-3-. The van der Waals surface area contributed by atoms with Gasteiger partial charge in [0.05, 0.1) is 0 Å². The van der Waals surface area contributed by atoms with Gasteiger partial charge in [-0.1, -0.05) is 6.08 Å². The Bertz CT molecular complexity index is 257. The molecule has 1 aliphatic rings. The molecule has 92 valence electrons. The number of carboxylic acids is 1. The van der Waals surface area contributed by atoms with Gasteiger partial charge in [0, 0.05) is 31.4 Å². The lowest BCUT2D eigenvalue weighted by molar-refractivity contribution is -0.132. The van der Waals surface area contributed by atoms with Gasteiger partial charge < -0.3 is 15.2 Å². The molecule has 0 aliphatic carbocycles. The maximum Gasteiger partial charge on any atom is 0.330 e. The van der Waals surface area contributed by atoms with Crippen molar-refractivity contribution in [2.75, 3.05) is 19.8 Å². The minimum Gasteiger partial charge on any atom is -0.478 e. The summed E-state index contributed by atoms with van der Waals surface area (Å²) in [5.41, 5.74) is 0.395. The predicted octanol–water partition coefficient (Wildman–Crippen LogP) is 1.42. The molecule has 0 aromatic carbocycles. The first-order valence-electron chi connectivity index (χ1n) is 5.82. The SMILES string of the molecule is C/C(=C/CNC(C)C1CCOCC1)C(=O)O. The van der Waals surface area contributed by atoms with Gasteiger partial charge in [-0.05, 0) is 32.6 Å². The third kappa shape index (κ3) is 4.33. The molecule has 0 aromatic heterocycles. The molecule has 4 nitrogen and oxygen atoms in total. The van der Waals surface area contributed by atoms with Crippen LogP contribution >= 0.6 is 0 Å². The fourth-order valence-electron chi connectivity index (χ4n) is 1.87. The van der Waals surface area contributed by atoms with Crippen molar-refractivity contribution in [3.05, 3.63) is 11.6 Å². The molecule has 16 heavy (non-hydrogen) atoms. The normalized spacial score (nSPS) is 20.8. The maximum absolute atomic E-state index is 10.6. The lowest BCUT2D eigenvalue weighted by Crippen LogP contribution is -2.36. The van der Waals surface area contributed by atoms with E-state index in [0.717, 1.165) is 26.1 Å². The van der Waals surface area contributed by atoms with Gasteiger partial charge in [0.25, 0.3) is 0 Å². The molecule has 1 fully saturated rings. The molecular formula is C12H21NO3. The van der Waals surface area contributed by atoms with Gasteiger partial charge in [-0.15, -0.1) is 0 Å². The summed E-state index contributed by atoms with van der Waals surface area (Å²) in [6.07, 6.45) is 3.91. The van der Waals surface area contributed by atoms with E-state index in [1.165, 1.54) is 0 Å². The zero-order valence-corrected chi connectivity index (χ0v) is 10.0. The Morgan fingerprint density at radius 2 is 2.19 bits per heavy atom. The summed E-state index contributed by atoms with van der Waals surface area (Å²) >= 11 is 0. The van der Waals surface area contributed by atoms with Gasteiger partial charge in [-0.25, -0.2) is 4.79 Å². The lowest BCUT2D eigenvalue weighted by Gasteiger charge is -2.28. The van der Waals surface area contributed by atoms with E-state index >= 15 is 0 Å². The van der Waals surface area contributed by atoms with Crippen molar-refractivity contribution in [1.29, 1.82) is 0 Å². The number of hydrogen-bond acceptors (Lipinski definition) is 3. The number of carbonyl (C=O) groups is 1. The summed E-state index contributed by atoms with van der Waals surface area (Å²) in [6.45, 7) is 6.08. The van der Waals surface area contributed by atoms with E-state index < -0.39 is 5.97 Å². The molecular weight excluding hydrogens is 206 g/mol. The zero-order chi connectivity index (χ0) is 12.0. The maximum atomic E-state index is 10.6. The predicted molar refractivity (Wildman–Crippen MR) is 62.4 cm³/mol. The molecule has 1 rings (SSSR count). The first kappa shape index (κ1) is 13.2. The van der Waals surface area contributed by atoms with Crippen molar-refractivity contribution < 1.29 is 14.6 Å². The Kier molecular flexibility index (Phi) is 5.49. The molecule has 4 heteroatoms. The van der Waals surface area contributed by atoms with Gasteiger partial charge in [0.2, 0.25) is 0 Å². The van der Waals surface area contributed by atoms with Crippen LogP contribution in [-0.2, 0) is 9.53 Å². The van der Waals surface area contributed by atoms with Crippen LogP contribution in [0.2, 0.25) is 0 Å². The highest BCUT2D eigenvalue weighted by atomic mass is 16.5. The fourth-order valence-corrected chi connectivity index (χ4v) is 1.87.